The smallest absolute Gasteiger partial charge is 0.157 e. The van der Waals surface area contributed by atoms with Gasteiger partial charge in [-0.15, -0.1) is 0 Å². The number of hydrogen-bond donors (Lipinski definition) is 1. The van der Waals surface area contributed by atoms with E-state index in [1.807, 2.05) is 0 Å². The summed E-state index contributed by atoms with van der Waals surface area (Å²) in [6.07, 6.45) is 2.28. The third-order valence-electron chi connectivity index (χ3n) is 3.19. The number of nitrogens with one attached hydrogen (secondary N) is 1. The van der Waals surface area contributed by atoms with Crippen LogP contribution in [0.15, 0.2) is 0 Å². The molecule has 5 heteroatoms. The Kier molecular flexibility index (Phi) is 3.33. The average Bonchev–Trinajstić information content (AvgIpc) is 2.19. The quantitative estimate of drug-likeness (QED) is 0.718. The van der Waals surface area contributed by atoms with E-state index in [0.717, 1.165) is 25.8 Å². The minimum atomic E-state index is -2.93. The molecular formula is C10H19NO3S. The molecule has 4 nitrogen and oxygen atoms in total. The van der Waals surface area contributed by atoms with Crippen molar-refractivity contribution in [2.75, 3.05) is 18.9 Å². The molecule has 15 heavy (non-hydrogen) atoms. The molecule has 2 rings (SSSR count). The van der Waals surface area contributed by atoms with Crippen molar-refractivity contribution in [2.45, 2.75) is 37.7 Å². The van der Waals surface area contributed by atoms with Crippen LogP contribution >= 0.6 is 0 Å². The minimum absolute atomic E-state index is 0.272. The Hall–Kier alpha value is -0.130. The van der Waals surface area contributed by atoms with Crippen LogP contribution in [0.5, 0.6) is 0 Å². The van der Waals surface area contributed by atoms with Crippen molar-refractivity contribution in [2.24, 2.45) is 5.92 Å². The Bertz CT molecular complexity index is 307. The third kappa shape index (κ3) is 2.52. The van der Waals surface area contributed by atoms with Gasteiger partial charge in [-0.1, -0.05) is 13.3 Å². The van der Waals surface area contributed by atoms with Gasteiger partial charge in [0.1, 0.15) is 11.5 Å². The fourth-order valence-electron chi connectivity index (χ4n) is 2.26. The molecule has 2 aliphatic heterocycles. The van der Waals surface area contributed by atoms with Crippen LogP contribution in [0.25, 0.3) is 0 Å². The van der Waals surface area contributed by atoms with Crippen molar-refractivity contribution in [1.29, 1.82) is 0 Å². The molecule has 88 valence electrons. The molecular weight excluding hydrogens is 214 g/mol. The third-order valence-corrected chi connectivity index (χ3v) is 5.46. The van der Waals surface area contributed by atoms with Crippen LogP contribution in [0.2, 0.25) is 0 Å². The standard InChI is InChI=1S/C10H19NO3S/c1-8-6-11-10(14-7-8)9-4-2-3-5-15(9,12)13/h8-11H,2-7H2,1H3. The zero-order valence-electron chi connectivity index (χ0n) is 9.11. The van der Waals surface area contributed by atoms with E-state index in [-0.39, 0.29) is 11.5 Å². The average molecular weight is 233 g/mol. The monoisotopic (exact) mass is 233 g/mol. The molecule has 1 N–H and O–H groups in total. The van der Waals surface area contributed by atoms with Crippen molar-refractivity contribution in [3.8, 4) is 0 Å². The molecule has 0 amide bonds. The van der Waals surface area contributed by atoms with E-state index in [1.165, 1.54) is 0 Å². The predicted octanol–water partition coefficient (Wildman–Crippen LogP) is 0.536. The van der Waals surface area contributed by atoms with E-state index in [2.05, 4.69) is 12.2 Å². The van der Waals surface area contributed by atoms with Gasteiger partial charge in [0.05, 0.1) is 12.4 Å². The summed E-state index contributed by atoms with van der Waals surface area (Å²) in [7, 11) is -2.93. The summed E-state index contributed by atoms with van der Waals surface area (Å²) in [5.74, 6) is 0.807. The summed E-state index contributed by atoms with van der Waals surface area (Å²) in [5.41, 5.74) is 0. The Morgan fingerprint density at radius 3 is 2.73 bits per heavy atom. The number of sulfone groups is 1. The first-order valence-electron chi connectivity index (χ1n) is 5.66. The van der Waals surface area contributed by atoms with Crippen LogP contribution in [0, 0.1) is 5.92 Å². The van der Waals surface area contributed by atoms with Crippen molar-refractivity contribution in [3.05, 3.63) is 0 Å². The topological polar surface area (TPSA) is 55.4 Å². The molecule has 0 spiro atoms. The van der Waals surface area contributed by atoms with Crippen LogP contribution in [-0.2, 0) is 14.6 Å². The van der Waals surface area contributed by atoms with Gasteiger partial charge in [0.2, 0.25) is 0 Å². The maximum Gasteiger partial charge on any atom is 0.157 e. The lowest BCUT2D eigenvalue weighted by molar-refractivity contribution is -0.0271. The van der Waals surface area contributed by atoms with Crippen molar-refractivity contribution in [3.63, 3.8) is 0 Å². The molecule has 2 fully saturated rings. The van der Waals surface area contributed by atoms with Gasteiger partial charge in [-0.05, 0) is 18.8 Å². The van der Waals surface area contributed by atoms with E-state index in [0.29, 0.717) is 18.3 Å². The van der Waals surface area contributed by atoms with E-state index in [1.54, 1.807) is 0 Å². The molecule has 0 aromatic rings. The largest absolute Gasteiger partial charge is 0.362 e. The first-order chi connectivity index (χ1) is 7.09. The first kappa shape index (κ1) is 11.4. The summed E-state index contributed by atoms with van der Waals surface area (Å²) >= 11 is 0. The molecule has 2 aliphatic rings. The van der Waals surface area contributed by atoms with Gasteiger partial charge in [-0.2, -0.15) is 0 Å². The zero-order chi connectivity index (χ0) is 10.9. The van der Waals surface area contributed by atoms with Crippen molar-refractivity contribution < 1.29 is 13.2 Å². The van der Waals surface area contributed by atoms with Gasteiger partial charge in [0, 0.05) is 6.54 Å². The summed E-state index contributed by atoms with van der Waals surface area (Å²) in [4.78, 5) is 0. The first-order valence-corrected chi connectivity index (χ1v) is 7.38. The number of rotatable bonds is 1. The summed E-state index contributed by atoms with van der Waals surface area (Å²) in [6, 6.07) is 0. The summed E-state index contributed by atoms with van der Waals surface area (Å²) < 4.78 is 29.3. The SMILES string of the molecule is CC1CNC(C2CCCCS2(=O)=O)OC1. The molecule has 2 heterocycles. The Morgan fingerprint density at radius 2 is 2.13 bits per heavy atom. The van der Waals surface area contributed by atoms with Gasteiger partial charge in [0.15, 0.2) is 9.84 Å². The van der Waals surface area contributed by atoms with E-state index >= 15 is 0 Å². The van der Waals surface area contributed by atoms with Gasteiger partial charge < -0.3 is 4.74 Å². The van der Waals surface area contributed by atoms with Crippen LogP contribution in [0.3, 0.4) is 0 Å². The highest BCUT2D eigenvalue weighted by atomic mass is 32.2. The highest BCUT2D eigenvalue weighted by molar-refractivity contribution is 7.92. The van der Waals surface area contributed by atoms with E-state index < -0.39 is 9.84 Å². The van der Waals surface area contributed by atoms with E-state index in [4.69, 9.17) is 4.74 Å². The second kappa shape index (κ2) is 4.39. The Balaban J connectivity index is 2.03. The van der Waals surface area contributed by atoms with Crippen molar-refractivity contribution in [1.82, 2.24) is 5.32 Å². The lowest BCUT2D eigenvalue weighted by Gasteiger charge is -2.35. The molecule has 0 aliphatic carbocycles. The normalized spacial score (nSPS) is 41.3. The van der Waals surface area contributed by atoms with Gasteiger partial charge in [0.25, 0.3) is 0 Å². The highest BCUT2D eigenvalue weighted by Crippen LogP contribution is 2.24. The van der Waals surface area contributed by atoms with Crippen LogP contribution in [0.4, 0.5) is 0 Å². The second-order valence-corrected chi connectivity index (χ2v) is 7.01. The van der Waals surface area contributed by atoms with Crippen LogP contribution < -0.4 is 5.32 Å². The molecule has 0 aromatic heterocycles. The fraction of sp³-hybridized carbons (Fsp3) is 1.00. The lowest BCUT2D eigenvalue weighted by atomic mass is 10.1. The van der Waals surface area contributed by atoms with Gasteiger partial charge >= 0.3 is 0 Å². The summed E-state index contributed by atoms with van der Waals surface area (Å²) in [6.45, 7) is 3.62. The Labute approximate surface area is 91.3 Å². The molecule has 0 bridgehead atoms. The Morgan fingerprint density at radius 1 is 1.33 bits per heavy atom. The van der Waals surface area contributed by atoms with Gasteiger partial charge in [-0.3, -0.25) is 5.32 Å². The highest BCUT2D eigenvalue weighted by Gasteiger charge is 2.37. The minimum Gasteiger partial charge on any atom is -0.362 e. The van der Waals surface area contributed by atoms with Crippen molar-refractivity contribution >= 4 is 9.84 Å². The molecule has 2 saturated heterocycles. The predicted molar refractivity (Wildman–Crippen MR) is 58.3 cm³/mol. The molecule has 0 aromatic carbocycles. The lowest BCUT2D eigenvalue weighted by Crippen LogP contribution is -2.53. The molecule has 0 saturated carbocycles. The molecule has 0 radical (unpaired) electrons. The zero-order valence-corrected chi connectivity index (χ0v) is 9.92. The van der Waals surface area contributed by atoms with Crippen LogP contribution in [-0.4, -0.2) is 38.8 Å². The molecule has 3 unspecified atom stereocenters. The van der Waals surface area contributed by atoms with Crippen LogP contribution in [0.1, 0.15) is 26.2 Å². The second-order valence-electron chi connectivity index (χ2n) is 4.67. The maximum absolute atomic E-state index is 11.8. The maximum atomic E-state index is 11.8. The van der Waals surface area contributed by atoms with E-state index in [9.17, 15) is 8.42 Å². The number of ether oxygens (including phenoxy) is 1. The fourth-order valence-corrected chi connectivity index (χ4v) is 4.25. The van der Waals surface area contributed by atoms with Gasteiger partial charge in [-0.25, -0.2) is 8.42 Å². The number of hydrogen-bond acceptors (Lipinski definition) is 4. The summed E-state index contributed by atoms with van der Waals surface area (Å²) in [5, 5.41) is 2.87. The molecule has 3 atom stereocenters.